The van der Waals surface area contributed by atoms with E-state index in [9.17, 15) is 9.90 Å². The normalized spacial score (nSPS) is 18.8. The number of aromatic nitrogens is 2. The number of pyridine rings is 1. The summed E-state index contributed by atoms with van der Waals surface area (Å²) in [5.74, 6) is -0.175. The highest BCUT2D eigenvalue weighted by Crippen LogP contribution is 2.41. The second-order valence-electron chi connectivity index (χ2n) is 10.3. The summed E-state index contributed by atoms with van der Waals surface area (Å²) in [5.41, 5.74) is 3.79. The smallest absolute Gasteiger partial charge is 0.339 e. The van der Waals surface area contributed by atoms with E-state index in [1.165, 1.54) is 16.5 Å². The average Bonchev–Trinajstić information content (AvgIpc) is 3.29. The lowest BCUT2D eigenvalue weighted by Gasteiger charge is -2.38. The van der Waals surface area contributed by atoms with E-state index in [4.69, 9.17) is 4.74 Å². The van der Waals surface area contributed by atoms with Gasteiger partial charge in [-0.25, -0.2) is 9.78 Å². The first kappa shape index (κ1) is 23.9. The van der Waals surface area contributed by atoms with Crippen molar-refractivity contribution < 1.29 is 14.6 Å². The van der Waals surface area contributed by atoms with Crippen LogP contribution in [0.1, 0.15) is 43.5 Å². The van der Waals surface area contributed by atoms with Gasteiger partial charge >= 0.3 is 5.97 Å². The molecular formula is C27H31BrN4O3. The van der Waals surface area contributed by atoms with Crippen LogP contribution in [0.5, 0.6) is 11.5 Å². The lowest BCUT2D eigenvalue weighted by atomic mass is 9.78. The van der Waals surface area contributed by atoms with Crippen LogP contribution in [0.2, 0.25) is 0 Å². The second-order valence-corrected chi connectivity index (χ2v) is 11.2. The summed E-state index contributed by atoms with van der Waals surface area (Å²) in [6.07, 6.45) is 6.94. The zero-order valence-corrected chi connectivity index (χ0v) is 21.8. The van der Waals surface area contributed by atoms with Gasteiger partial charge in [0.05, 0.1) is 6.20 Å². The lowest BCUT2D eigenvalue weighted by Crippen LogP contribution is -2.47. The summed E-state index contributed by atoms with van der Waals surface area (Å²) in [6, 6.07) is 9.11. The fourth-order valence-corrected chi connectivity index (χ4v) is 6.01. The quantitative estimate of drug-likeness (QED) is 0.398. The molecule has 3 heterocycles. The summed E-state index contributed by atoms with van der Waals surface area (Å²) < 4.78 is 7.41. The minimum Gasteiger partial charge on any atom is -0.478 e. The van der Waals surface area contributed by atoms with Crippen LogP contribution in [0, 0.1) is 5.41 Å². The molecule has 35 heavy (non-hydrogen) atoms. The monoisotopic (exact) mass is 538 g/mol. The Morgan fingerprint density at radius 1 is 1.20 bits per heavy atom. The Morgan fingerprint density at radius 2 is 2.00 bits per heavy atom. The van der Waals surface area contributed by atoms with Crippen molar-refractivity contribution >= 4 is 38.6 Å². The highest BCUT2D eigenvalue weighted by molar-refractivity contribution is 9.11. The Bertz CT molecular complexity index is 1270. The third kappa shape index (κ3) is 5.38. The van der Waals surface area contributed by atoms with Crippen molar-refractivity contribution in [3.05, 3.63) is 58.3 Å². The number of carboxylic acids is 1. The van der Waals surface area contributed by atoms with Gasteiger partial charge in [0.15, 0.2) is 0 Å². The molecule has 2 aliphatic rings. The van der Waals surface area contributed by atoms with Gasteiger partial charge in [0.2, 0.25) is 0 Å². The van der Waals surface area contributed by atoms with Gasteiger partial charge in [-0.2, -0.15) is 0 Å². The van der Waals surface area contributed by atoms with Crippen LogP contribution in [0.25, 0.3) is 11.0 Å². The number of benzene rings is 1. The number of rotatable bonds is 6. The molecule has 1 aliphatic heterocycles. The maximum Gasteiger partial charge on any atom is 0.339 e. The number of nitrogens with zero attached hydrogens (tertiary/aromatic N) is 3. The highest BCUT2D eigenvalue weighted by Gasteiger charge is 2.28. The van der Waals surface area contributed by atoms with Crippen molar-refractivity contribution in [1.82, 2.24) is 14.9 Å². The number of hydrogen-bond acceptors (Lipinski definition) is 5. The molecule has 0 spiro atoms. The van der Waals surface area contributed by atoms with Gasteiger partial charge in [-0.15, -0.1) is 0 Å². The highest BCUT2D eigenvalue weighted by atomic mass is 79.9. The third-order valence-electron chi connectivity index (χ3n) is 7.07. The van der Waals surface area contributed by atoms with Crippen molar-refractivity contribution in [2.45, 2.75) is 33.1 Å². The SMILES string of the molecule is CC1(C)CCC(CN2CCN(c3ccc(C(=O)O)c(Oc4cnc5[nH]ccc5c4)c3)CC2)=C(Br)C1. The van der Waals surface area contributed by atoms with Gasteiger partial charge in [-0.1, -0.05) is 29.8 Å². The standard InChI is InChI=1S/C27H31BrN4O3/c1-27(2)7-5-19(23(28)15-27)17-31-9-11-32(12-10-31)20-3-4-22(26(33)34)24(14-20)35-21-13-18-6-8-29-25(18)30-16-21/h3-4,6,8,13-14,16H,5,7,9-12,15,17H2,1-2H3,(H,29,30)(H,33,34). The Hall–Kier alpha value is -2.84. The third-order valence-corrected chi connectivity index (χ3v) is 7.91. The predicted molar refractivity (Wildman–Crippen MR) is 142 cm³/mol. The van der Waals surface area contributed by atoms with Crippen LogP contribution in [0.4, 0.5) is 5.69 Å². The van der Waals surface area contributed by atoms with Crippen LogP contribution < -0.4 is 9.64 Å². The number of carbonyl (C=O) groups is 1. The number of H-pyrrole nitrogens is 1. The minimum atomic E-state index is -1.01. The molecule has 1 aromatic carbocycles. The number of hydrogen-bond donors (Lipinski definition) is 2. The molecule has 0 bridgehead atoms. The number of aromatic amines is 1. The van der Waals surface area contributed by atoms with E-state index in [1.54, 1.807) is 12.3 Å². The molecule has 2 N–H and O–H groups in total. The van der Waals surface area contributed by atoms with Gasteiger partial charge in [0.1, 0.15) is 22.7 Å². The minimum absolute atomic E-state index is 0.138. The van der Waals surface area contributed by atoms with Crippen LogP contribution in [0.3, 0.4) is 0 Å². The average molecular weight is 539 g/mol. The van der Waals surface area contributed by atoms with E-state index in [2.05, 4.69) is 49.5 Å². The molecule has 0 amide bonds. The molecular weight excluding hydrogens is 508 g/mol. The summed E-state index contributed by atoms with van der Waals surface area (Å²) in [7, 11) is 0. The molecule has 2 aromatic heterocycles. The molecule has 0 radical (unpaired) electrons. The Morgan fingerprint density at radius 3 is 2.74 bits per heavy atom. The first-order valence-electron chi connectivity index (χ1n) is 12.1. The molecule has 184 valence electrons. The molecule has 1 aliphatic carbocycles. The fourth-order valence-electron chi connectivity index (χ4n) is 4.93. The molecule has 5 rings (SSSR count). The van der Waals surface area contributed by atoms with Gasteiger partial charge in [0, 0.05) is 56.1 Å². The Balaban J connectivity index is 1.28. The molecule has 0 saturated carbocycles. The van der Waals surface area contributed by atoms with E-state index in [1.807, 2.05) is 30.5 Å². The molecule has 1 saturated heterocycles. The maximum absolute atomic E-state index is 11.8. The predicted octanol–water partition coefficient (Wildman–Crippen LogP) is 6.03. The van der Waals surface area contributed by atoms with Crippen molar-refractivity contribution in [2.75, 3.05) is 37.6 Å². The number of ether oxygens (including phenoxy) is 1. The molecule has 0 unspecified atom stereocenters. The molecule has 7 nitrogen and oxygen atoms in total. The fraction of sp³-hybridized carbons (Fsp3) is 0.407. The van der Waals surface area contributed by atoms with Crippen LogP contribution in [0.15, 0.2) is 52.8 Å². The molecule has 0 atom stereocenters. The van der Waals surface area contributed by atoms with E-state index in [0.717, 1.165) is 62.3 Å². The first-order valence-corrected chi connectivity index (χ1v) is 12.9. The number of halogens is 1. The number of allylic oxidation sites excluding steroid dienone is 1. The van der Waals surface area contributed by atoms with Crippen molar-refractivity contribution in [3.63, 3.8) is 0 Å². The maximum atomic E-state index is 11.8. The number of aromatic carboxylic acids is 1. The van der Waals surface area contributed by atoms with E-state index >= 15 is 0 Å². The summed E-state index contributed by atoms with van der Waals surface area (Å²) in [6.45, 7) is 9.42. The summed E-state index contributed by atoms with van der Waals surface area (Å²) in [4.78, 5) is 24.1. The molecule has 3 aromatic rings. The number of fused-ring (bicyclic) bond motifs is 1. The van der Waals surface area contributed by atoms with Crippen LogP contribution in [-0.4, -0.2) is 58.7 Å². The van der Waals surface area contributed by atoms with Gasteiger partial charge in [-0.3, -0.25) is 4.90 Å². The van der Waals surface area contributed by atoms with Gasteiger partial charge in [0.25, 0.3) is 0 Å². The number of anilines is 1. The van der Waals surface area contributed by atoms with E-state index < -0.39 is 5.97 Å². The van der Waals surface area contributed by atoms with Crippen molar-refractivity contribution in [3.8, 4) is 11.5 Å². The Labute approximate surface area is 213 Å². The number of carboxylic acid groups (broad SMARTS) is 1. The topological polar surface area (TPSA) is 81.7 Å². The second kappa shape index (κ2) is 9.66. The van der Waals surface area contributed by atoms with Crippen molar-refractivity contribution in [1.29, 1.82) is 0 Å². The van der Waals surface area contributed by atoms with E-state index in [-0.39, 0.29) is 5.56 Å². The molecule has 1 fully saturated rings. The van der Waals surface area contributed by atoms with Crippen LogP contribution >= 0.6 is 15.9 Å². The van der Waals surface area contributed by atoms with Gasteiger partial charge in [-0.05, 0) is 59.0 Å². The number of nitrogens with one attached hydrogen (secondary N) is 1. The lowest BCUT2D eigenvalue weighted by molar-refractivity contribution is 0.0694. The van der Waals surface area contributed by atoms with Crippen LogP contribution in [-0.2, 0) is 0 Å². The number of piperazine rings is 1. The zero-order valence-electron chi connectivity index (χ0n) is 20.2. The molecule has 8 heteroatoms. The Kier molecular flexibility index (Phi) is 6.59. The van der Waals surface area contributed by atoms with Crippen molar-refractivity contribution in [2.24, 2.45) is 5.41 Å². The summed E-state index contributed by atoms with van der Waals surface area (Å²) >= 11 is 3.84. The van der Waals surface area contributed by atoms with E-state index in [0.29, 0.717) is 16.9 Å². The summed E-state index contributed by atoms with van der Waals surface area (Å²) in [5, 5.41) is 10.6. The van der Waals surface area contributed by atoms with Gasteiger partial charge < -0.3 is 19.7 Å². The largest absolute Gasteiger partial charge is 0.478 e. The first-order chi connectivity index (χ1) is 16.8. The zero-order chi connectivity index (χ0) is 24.6.